The largest absolute Gasteiger partial charge is 0.481 e. The van der Waals surface area contributed by atoms with Crippen LogP contribution in [0.15, 0.2) is 42.9 Å². The highest BCUT2D eigenvalue weighted by atomic mass is 32.2. The van der Waals surface area contributed by atoms with Gasteiger partial charge in [0.1, 0.15) is 18.1 Å². The summed E-state index contributed by atoms with van der Waals surface area (Å²) in [4.78, 5) is 68.6. The van der Waals surface area contributed by atoms with Gasteiger partial charge in [0, 0.05) is 24.7 Å². The summed E-state index contributed by atoms with van der Waals surface area (Å²) in [6, 6.07) is 4.36. The Hall–Kier alpha value is -3.91. The predicted molar refractivity (Wildman–Crippen MR) is 144 cm³/mol. The minimum absolute atomic E-state index is 0.0195. The molecule has 1 aromatic carbocycles. The number of nitrogens with one attached hydrogen (secondary N) is 4. The number of carboxylic acid groups (broad SMARTS) is 2. The van der Waals surface area contributed by atoms with Gasteiger partial charge in [-0.3, -0.25) is 19.2 Å². The molecule has 0 saturated carbocycles. The number of amides is 3. The van der Waals surface area contributed by atoms with Crippen LogP contribution in [0, 0.1) is 0 Å². The van der Waals surface area contributed by atoms with Crippen molar-refractivity contribution in [3.8, 4) is 0 Å². The third kappa shape index (κ3) is 11.2. The summed E-state index contributed by atoms with van der Waals surface area (Å²) >= 11 is 1.40. The summed E-state index contributed by atoms with van der Waals surface area (Å²) in [6.45, 7) is 0. The molecule has 2 rings (SSSR count). The molecule has 0 aliphatic carbocycles. The first-order valence-electron chi connectivity index (χ1n) is 12.2. The minimum atomic E-state index is -1.36. The van der Waals surface area contributed by atoms with Gasteiger partial charge in [0.15, 0.2) is 0 Å². The molecular formula is C25H34N6O7S. The van der Waals surface area contributed by atoms with E-state index in [4.69, 9.17) is 10.8 Å². The number of aromatic amines is 1. The Bertz CT molecular complexity index is 1100. The highest BCUT2D eigenvalue weighted by Crippen LogP contribution is 2.07. The number of imidazole rings is 1. The van der Waals surface area contributed by atoms with Crippen molar-refractivity contribution < 1.29 is 34.2 Å². The van der Waals surface area contributed by atoms with Crippen LogP contribution in [0.4, 0.5) is 0 Å². The Balaban J connectivity index is 2.17. The SMILES string of the molecule is CSCCC(NC(=O)C(CCC(=O)O)NC(=O)C(Cc1cnc[nH]1)NC(=O)C(N)Cc1ccccc1)C(=O)O. The Morgan fingerprint density at radius 1 is 0.923 bits per heavy atom. The molecule has 4 atom stereocenters. The normalized spacial score (nSPS) is 13.9. The van der Waals surface area contributed by atoms with E-state index in [2.05, 4.69) is 25.9 Å². The van der Waals surface area contributed by atoms with Crippen LogP contribution in [0.1, 0.15) is 30.5 Å². The molecule has 212 valence electrons. The summed E-state index contributed by atoms with van der Waals surface area (Å²) in [6.07, 6.45) is 4.25. The van der Waals surface area contributed by atoms with Gasteiger partial charge in [-0.25, -0.2) is 9.78 Å². The maximum absolute atomic E-state index is 13.3. The Kier molecular flexibility index (Phi) is 13.0. The number of nitrogens with zero attached hydrogens (tertiary/aromatic N) is 1. The number of rotatable bonds is 17. The van der Waals surface area contributed by atoms with Gasteiger partial charge < -0.3 is 36.9 Å². The number of hydrogen-bond donors (Lipinski definition) is 7. The van der Waals surface area contributed by atoms with Crippen LogP contribution in [0.25, 0.3) is 0 Å². The zero-order valence-electron chi connectivity index (χ0n) is 21.5. The summed E-state index contributed by atoms with van der Waals surface area (Å²) in [5, 5.41) is 26.0. The van der Waals surface area contributed by atoms with E-state index in [1.807, 2.05) is 30.3 Å². The number of nitrogens with two attached hydrogens (primary N) is 1. The quantitative estimate of drug-likeness (QED) is 0.133. The summed E-state index contributed by atoms with van der Waals surface area (Å²) in [5.41, 5.74) is 7.42. The zero-order valence-corrected chi connectivity index (χ0v) is 22.3. The van der Waals surface area contributed by atoms with Crippen LogP contribution >= 0.6 is 11.8 Å². The molecule has 0 fully saturated rings. The molecule has 0 aliphatic heterocycles. The number of aromatic nitrogens is 2. The average Bonchev–Trinajstić information content (AvgIpc) is 3.41. The standard InChI is InChI=1S/C25H34N6O7S/c1-39-10-9-19(25(37)38)30-23(35)18(7-8-21(32)33)29-24(36)20(12-16-13-27-14-28-16)31-22(34)17(26)11-15-5-3-2-4-6-15/h2-6,13-14,17-20H,7-12,26H2,1H3,(H,27,28)(H,29,36)(H,30,35)(H,31,34)(H,32,33)(H,37,38). The lowest BCUT2D eigenvalue weighted by Crippen LogP contribution is -2.58. The molecule has 4 unspecified atom stereocenters. The van der Waals surface area contributed by atoms with Crippen LogP contribution in [0.2, 0.25) is 0 Å². The van der Waals surface area contributed by atoms with Crippen LogP contribution in [-0.2, 0) is 36.8 Å². The first-order valence-corrected chi connectivity index (χ1v) is 13.6. The van der Waals surface area contributed by atoms with E-state index < -0.39 is 60.2 Å². The first-order chi connectivity index (χ1) is 18.6. The fourth-order valence-corrected chi connectivity index (χ4v) is 4.11. The second-order valence-corrected chi connectivity index (χ2v) is 9.80. The first kappa shape index (κ1) is 31.3. The molecule has 0 bridgehead atoms. The maximum atomic E-state index is 13.3. The van der Waals surface area contributed by atoms with Gasteiger partial charge in [0.25, 0.3) is 0 Å². The third-order valence-electron chi connectivity index (χ3n) is 5.75. The zero-order chi connectivity index (χ0) is 28.8. The lowest BCUT2D eigenvalue weighted by atomic mass is 10.0. The summed E-state index contributed by atoms with van der Waals surface area (Å²) in [7, 11) is 0. The molecule has 0 saturated heterocycles. The molecule has 1 aromatic heterocycles. The second-order valence-electron chi connectivity index (χ2n) is 8.81. The number of aliphatic carboxylic acids is 2. The average molecular weight is 563 g/mol. The topological polar surface area (TPSA) is 217 Å². The molecule has 2 aromatic rings. The van der Waals surface area contributed by atoms with Gasteiger partial charge in [-0.15, -0.1) is 0 Å². The Labute approximate surface area is 229 Å². The monoisotopic (exact) mass is 562 g/mol. The number of benzene rings is 1. The maximum Gasteiger partial charge on any atom is 0.326 e. The number of carboxylic acids is 2. The minimum Gasteiger partial charge on any atom is -0.481 e. The number of hydrogen-bond acceptors (Lipinski definition) is 8. The van der Waals surface area contributed by atoms with Crippen LogP contribution in [0.5, 0.6) is 0 Å². The lowest BCUT2D eigenvalue weighted by molar-refractivity contribution is -0.143. The van der Waals surface area contributed by atoms with Gasteiger partial charge in [-0.2, -0.15) is 11.8 Å². The van der Waals surface area contributed by atoms with Crippen LogP contribution in [-0.4, -0.2) is 86.0 Å². The number of carbonyl (C=O) groups is 5. The molecule has 8 N–H and O–H groups in total. The van der Waals surface area contributed by atoms with Crippen molar-refractivity contribution in [2.75, 3.05) is 12.0 Å². The third-order valence-corrected chi connectivity index (χ3v) is 6.40. The van der Waals surface area contributed by atoms with E-state index in [9.17, 15) is 29.1 Å². The number of thioether (sulfide) groups is 1. The number of carbonyl (C=O) groups excluding carboxylic acids is 3. The van der Waals surface area contributed by atoms with E-state index >= 15 is 0 Å². The molecule has 3 amide bonds. The Morgan fingerprint density at radius 2 is 1.56 bits per heavy atom. The van der Waals surface area contributed by atoms with Crippen molar-refractivity contribution in [3.05, 3.63) is 54.1 Å². The van der Waals surface area contributed by atoms with Gasteiger partial charge in [-0.05, 0) is 36.8 Å². The highest BCUT2D eigenvalue weighted by molar-refractivity contribution is 7.98. The fraction of sp³-hybridized carbons (Fsp3) is 0.440. The Morgan fingerprint density at radius 3 is 2.15 bits per heavy atom. The predicted octanol–water partition coefficient (Wildman–Crippen LogP) is -0.321. The molecule has 13 nitrogen and oxygen atoms in total. The smallest absolute Gasteiger partial charge is 0.326 e. The lowest BCUT2D eigenvalue weighted by Gasteiger charge is -2.25. The van der Waals surface area contributed by atoms with Crippen molar-refractivity contribution in [3.63, 3.8) is 0 Å². The molecule has 0 radical (unpaired) electrons. The molecule has 1 heterocycles. The van der Waals surface area contributed by atoms with Crippen molar-refractivity contribution in [1.82, 2.24) is 25.9 Å². The molecule has 39 heavy (non-hydrogen) atoms. The molecule has 0 aliphatic rings. The van der Waals surface area contributed by atoms with E-state index in [-0.39, 0.29) is 25.7 Å². The molecule has 0 spiro atoms. The van der Waals surface area contributed by atoms with Gasteiger partial charge >= 0.3 is 11.9 Å². The number of H-pyrrole nitrogens is 1. The van der Waals surface area contributed by atoms with Gasteiger partial charge in [-0.1, -0.05) is 30.3 Å². The fourth-order valence-electron chi connectivity index (χ4n) is 3.64. The second kappa shape index (κ2) is 16.1. The van der Waals surface area contributed by atoms with E-state index in [0.29, 0.717) is 11.4 Å². The van der Waals surface area contributed by atoms with Crippen LogP contribution < -0.4 is 21.7 Å². The van der Waals surface area contributed by atoms with Crippen molar-refractivity contribution >= 4 is 41.4 Å². The summed E-state index contributed by atoms with van der Waals surface area (Å²) in [5.74, 6) is -4.21. The van der Waals surface area contributed by atoms with E-state index in [1.54, 1.807) is 6.26 Å². The van der Waals surface area contributed by atoms with Crippen LogP contribution in [0.3, 0.4) is 0 Å². The van der Waals surface area contributed by atoms with Gasteiger partial charge in [0.05, 0.1) is 12.4 Å². The van der Waals surface area contributed by atoms with Gasteiger partial charge in [0.2, 0.25) is 17.7 Å². The van der Waals surface area contributed by atoms with E-state index in [1.165, 1.54) is 24.3 Å². The van der Waals surface area contributed by atoms with Crippen molar-refractivity contribution in [2.24, 2.45) is 5.73 Å². The summed E-state index contributed by atoms with van der Waals surface area (Å²) < 4.78 is 0. The molecule has 14 heteroatoms. The van der Waals surface area contributed by atoms with Crippen molar-refractivity contribution in [1.29, 1.82) is 0 Å². The van der Waals surface area contributed by atoms with E-state index in [0.717, 1.165) is 5.56 Å². The highest BCUT2D eigenvalue weighted by Gasteiger charge is 2.31. The molecular weight excluding hydrogens is 528 g/mol. The van der Waals surface area contributed by atoms with Crippen molar-refractivity contribution in [2.45, 2.75) is 56.3 Å².